The Morgan fingerprint density at radius 3 is 2.72 bits per heavy atom. The molecule has 0 saturated heterocycles. The van der Waals surface area contributed by atoms with E-state index in [0.717, 1.165) is 28.9 Å². The largest absolute Gasteiger partial charge is 0.319 e. The lowest BCUT2D eigenvalue weighted by molar-refractivity contribution is 0.325. The Balaban J connectivity index is 2.07. The fourth-order valence-corrected chi connectivity index (χ4v) is 3.40. The third kappa shape index (κ3) is 3.55. The van der Waals surface area contributed by atoms with E-state index in [4.69, 9.17) is 0 Å². The molecule has 1 atom stereocenters. The molecule has 0 aliphatic heterocycles. The summed E-state index contributed by atoms with van der Waals surface area (Å²) in [6, 6.07) is 5.42. The third-order valence-corrected chi connectivity index (χ3v) is 4.52. The van der Waals surface area contributed by atoms with Crippen LogP contribution in [0.2, 0.25) is 0 Å². The summed E-state index contributed by atoms with van der Waals surface area (Å²) in [6.07, 6.45) is 6.15. The molecular weight excluding hydrogens is 293 g/mol. The zero-order chi connectivity index (χ0) is 13.0. The molecule has 0 spiro atoms. The van der Waals surface area contributed by atoms with Crippen LogP contribution in [0.25, 0.3) is 0 Å². The maximum atomic E-state index is 13.9. The average molecular weight is 314 g/mol. The highest BCUT2D eigenvalue weighted by molar-refractivity contribution is 9.10. The van der Waals surface area contributed by atoms with Crippen molar-refractivity contribution in [2.75, 3.05) is 13.6 Å². The summed E-state index contributed by atoms with van der Waals surface area (Å²) < 4.78 is 14.7. The molecule has 1 aromatic rings. The zero-order valence-corrected chi connectivity index (χ0v) is 12.5. The molecule has 1 nitrogen and oxygen atoms in total. The number of rotatable bonds is 5. The summed E-state index contributed by atoms with van der Waals surface area (Å²) in [5.74, 6) is 1.25. The van der Waals surface area contributed by atoms with E-state index >= 15 is 0 Å². The van der Waals surface area contributed by atoms with Crippen LogP contribution in [-0.4, -0.2) is 13.6 Å². The van der Waals surface area contributed by atoms with Crippen LogP contribution in [0.4, 0.5) is 4.39 Å². The van der Waals surface area contributed by atoms with Crippen LogP contribution in [0.5, 0.6) is 0 Å². The number of nitrogens with one attached hydrogen (secondary N) is 1. The van der Waals surface area contributed by atoms with E-state index in [-0.39, 0.29) is 5.82 Å². The first-order chi connectivity index (χ1) is 8.70. The molecule has 0 heterocycles. The molecule has 1 N–H and O–H groups in total. The Hall–Kier alpha value is -0.410. The normalized spacial score (nSPS) is 18.2. The monoisotopic (exact) mass is 313 g/mol. The highest BCUT2D eigenvalue weighted by atomic mass is 79.9. The van der Waals surface area contributed by atoms with E-state index in [9.17, 15) is 4.39 Å². The minimum atomic E-state index is -0.0801. The van der Waals surface area contributed by atoms with Gasteiger partial charge in [0.05, 0.1) is 0 Å². The maximum Gasteiger partial charge on any atom is 0.127 e. The molecule has 1 unspecified atom stereocenters. The van der Waals surface area contributed by atoms with Crippen molar-refractivity contribution in [2.24, 2.45) is 11.8 Å². The van der Waals surface area contributed by atoms with Gasteiger partial charge in [0.1, 0.15) is 5.82 Å². The molecule has 0 bridgehead atoms. The van der Waals surface area contributed by atoms with Crippen LogP contribution >= 0.6 is 15.9 Å². The lowest BCUT2D eigenvalue weighted by Gasteiger charge is -2.23. The van der Waals surface area contributed by atoms with Crippen LogP contribution in [-0.2, 0) is 6.42 Å². The molecule has 1 aromatic carbocycles. The van der Waals surface area contributed by atoms with Crippen molar-refractivity contribution < 1.29 is 4.39 Å². The first-order valence-corrected chi connectivity index (χ1v) is 7.58. The molecule has 0 aromatic heterocycles. The molecule has 0 radical (unpaired) electrons. The number of benzene rings is 1. The van der Waals surface area contributed by atoms with Crippen LogP contribution < -0.4 is 5.32 Å². The second-order valence-electron chi connectivity index (χ2n) is 5.30. The second-order valence-corrected chi connectivity index (χ2v) is 6.22. The van der Waals surface area contributed by atoms with E-state index in [1.165, 1.54) is 25.7 Å². The SMILES string of the molecule is CNCC(Cc1ccc(Br)cc1F)C1CCCC1. The van der Waals surface area contributed by atoms with Gasteiger partial charge < -0.3 is 5.32 Å². The summed E-state index contributed by atoms with van der Waals surface area (Å²) in [5.41, 5.74) is 0.852. The Morgan fingerprint density at radius 2 is 2.11 bits per heavy atom. The quantitative estimate of drug-likeness (QED) is 0.860. The van der Waals surface area contributed by atoms with Gasteiger partial charge in [-0.15, -0.1) is 0 Å². The first-order valence-electron chi connectivity index (χ1n) is 6.79. The fourth-order valence-electron chi connectivity index (χ4n) is 3.07. The van der Waals surface area contributed by atoms with Gasteiger partial charge in [0.2, 0.25) is 0 Å². The lowest BCUT2D eigenvalue weighted by atomic mass is 9.85. The van der Waals surface area contributed by atoms with Gasteiger partial charge in [-0.25, -0.2) is 4.39 Å². The minimum absolute atomic E-state index is 0.0801. The van der Waals surface area contributed by atoms with E-state index in [1.54, 1.807) is 6.07 Å². The van der Waals surface area contributed by atoms with E-state index in [1.807, 2.05) is 19.2 Å². The summed E-state index contributed by atoms with van der Waals surface area (Å²) in [7, 11) is 1.99. The molecule has 18 heavy (non-hydrogen) atoms. The van der Waals surface area contributed by atoms with Crippen molar-refractivity contribution in [3.8, 4) is 0 Å². The minimum Gasteiger partial charge on any atom is -0.319 e. The average Bonchev–Trinajstić information content (AvgIpc) is 2.85. The first kappa shape index (κ1) is 14.0. The molecule has 1 saturated carbocycles. The summed E-state index contributed by atoms with van der Waals surface area (Å²) in [6.45, 7) is 0.986. The fraction of sp³-hybridized carbons (Fsp3) is 0.600. The van der Waals surface area contributed by atoms with Crippen LogP contribution in [0, 0.1) is 17.7 Å². The van der Waals surface area contributed by atoms with E-state index < -0.39 is 0 Å². The van der Waals surface area contributed by atoms with Crippen molar-refractivity contribution >= 4 is 15.9 Å². The van der Waals surface area contributed by atoms with Crippen molar-refractivity contribution in [3.05, 3.63) is 34.1 Å². The highest BCUT2D eigenvalue weighted by Gasteiger charge is 2.25. The number of hydrogen-bond acceptors (Lipinski definition) is 1. The van der Waals surface area contributed by atoms with Crippen LogP contribution in [0.1, 0.15) is 31.2 Å². The topological polar surface area (TPSA) is 12.0 Å². The Labute approximate surface area is 117 Å². The number of halogens is 2. The lowest BCUT2D eigenvalue weighted by Crippen LogP contribution is -2.26. The Morgan fingerprint density at radius 1 is 1.39 bits per heavy atom. The van der Waals surface area contributed by atoms with Crippen molar-refractivity contribution in [1.29, 1.82) is 0 Å². The van der Waals surface area contributed by atoms with Gasteiger partial charge in [0, 0.05) is 4.47 Å². The molecule has 0 amide bonds. The molecule has 1 fully saturated rings. The van der Waals surface area contributed by atoms with E-state index in [0.29, 0.717) is 5.92 Å². The maximum absolute atomic E-state index is 13.9. The Kier molecular flexibility index (Phi) is 5.19. The third-order valence-electron chi connectivity index (χ3n) is 4.03. The summed E-state index contributed by atoms with van der Waals surface area (Å²) >= 11 is 3.31. The highest BCUT2D eigenvalue weighted by Crippen LogP contribution is 2.33. The zero-order valence-electron chi connectivity index (χ0n) is 10.9. The predicted octanol–water partition coefficient (Wildman–Crippen LogP) is 4.16. The van der Waals surface area contributed by atoms with Gasteiger partial charge in [-0.2, -0.15) is 0 Å². The molecule has 1 aliphatic carbocycles. The molecule has 2 rings (SSSR count). The Bertz CT molecular complexity index is 388. The van der Waals surface area contributed by atoms with Gasteiger partial charge in [-0.05, 0) is 49.5 Å². The number of hydrogen-bond donors (Lipinski definition) is 1. The molecule has 3 heteroatoms. The van der Waals surface area contributed by atoms with E-state index in [2.05, 4.69) is 21.2 Å². The van der Waals surface area contributed by atoms with Crippen molar-refractivity contribution in [3.63, 3.8) is 0 Å². The smallest absolute Gasteiger partial charge is 0.127 e. The van der Waals surface area contributed by atoms with Crippen molar-refractivity contribution in [1.82, 2.24) is 5.32 Å². The molecule has 100 valence electrons. The van der Waals surface area contributed by atoms with Gasteiger partial charge in [0.15, 0.2) is 0 Å². The van der Waals surface area contributed by atoms with Gasteiger partial charge >= 0.3 is 0 Å². The van der Waals surface area contributed by atoms with Gasteiger partial charge in [-0.1, -0.05) is 47.7 Å². The van der Waals surface area contributed by atoms with Crippen molar-refractivity contribution in [2.45, 2.75) is 32.1 Å². The van der Waals surface area contributed by atoms with Gasteiger partial charge in [-0.3, -0.25) is 0 Å². The second kappa shape index (κ2) is 6.67. The predicted molar refractivity (Wildman–Crippen MR) is 77.2 cm³/mol. The molecular formula is C15H21BrFN. The van der Waals surface area contributed by atoms with Crippen LogP contribution in [0.15, 0.2) is 22.7 Å². The van der Waals surface area contributed by atoms with Gasteiger partial charge in [0.25, 0.3) is 0 Å². The standard InChI is InChI=1S/C15H21BrFN/c1-18-10-13(11-4-2-3-5-11)8-12-6-7-14(16)9-15(12)17/h6-7,9,11,13,18H,2-5,8,10H2,1H3. The van der Waals surface area contributed by atoms with Crippen LogP contribution in [0.3, 0.4) is 0 Å². The molecule has 1 aliphatic rings. The summed E-state index contributed by atoms with van der Waals surface area (Å²) in [4.78, 5) is 0. The summed E-state index contributed by atoms with van der Waals surface area (Å²) in [5, 5.41) is 3.26.